The SMILES string of the molecule is CCc1ccccc1COC(=O)N1CCN(CC2CCOC2)C1=N[N+](=O)[O-]. The number of nitrogens with zero attached hydrogens (tertiary/aromatic N) is 4. The van der Waals surface area contributed by atoms with E-state index in [9.17, 15) is 14.9 Å². The van der Waals surface area contributed by atoms with Crippen molar-refractivity contribution in [1.29, 1.82) is 0 Å². The van der Waals surface area contributed by atoms with Crippen molar-refractivity contribution in [3.8, 4) is 0 Å². The Bertz CT molecular complexity index is 717. The van der Waals surface area contributed by atoms with Gasteiger partial charge in [-0.3, -0.25) is 0 Å². The molecule has 2 saturated heterocycles. The molecule has 0 bridgehead atoms. The molecule has 0 saturated carbocycles. The third kappa shape index (κ3) is 4.73. The summed E-state index contributed by atoms with van der Waals surface area (Å²) in [6.07, 6.45) is 1.12. The molecule has 27 heavy (non-hydrogen) atoms. The van der Waals surface area contributed by atoms with Crippen molar-refractivity contribution >= 4 is 12.1 Å². The highest BCUT2D eigenvalue weighted by atomic mass is 16.7. The number of benzene rings is 1. The Hall–Kier alpha value is -2.68. The molecule has 0 N–H and O–H groups in total. The highest BCUT2D eigenvalue weighted by Gasteiger charge is 2.36. The van der Waals surface area contributed by atoms with Gasteiger partial charge in [0.15, 0.2) is 5.03 Å². The Balaban J connectivity index is 1.66. The number of hydrogen-bond acceptors (Lipinski definition) is 5. The van der Waals surface area contributed by atoms with Crippen LogP contribution < -0.4 is 0 Å². The van der Waals surface area contributed by atoms with Gasteiger partial charge in [0, 0.05) is 25.6 Å². The number of carbonyl (C=O) groups excluding carboxylic acids is 1. The average Bonchev–Trinajstić information content (AvgIpc) is 3.30. The van der Waals surface area contributed by atoms with Crippen LogP contribution in [-0.2, 0) is 22.5 Å². The largest absolute Gasteiger partial charge is 0.444 e. The van der Waals surface area contributed by atoms with Gasteiger partial charge in [-0.2, -0.15) is 0 Å². The van der Waals surface area contributed by atoms with Crippen LogP contribution in [0.4, 0.5) is 4.79 Å². The van der Waals surface area contributed by atoms with Gasteiger partial charge in [0.1, 0.15) is 11.7 Å². The van der Waals surface area contributed by atoms with Gasteiger partial charge in [-0.15, -0.1) is 0 Å². The molecule has 0 aliphatic carbocycles. The molecule has 0 radical (unpaired) electrons. The van der Waals surface area contributed by atoms with Crippen molar-refractivity contribution in [2.75, 3.05) is 32.8 Å². The summed E-state index contributed by atoms with van der Waals surface area (Å²) in [5.41, 5.74) is 2.04. The van der Waals surface area contributed by atoms with Crippen molar-refractivity contribution in [2.45, 2.75) is 26.4 Å². The van der Waals surface area contributed by atoms with Gasteiger partial charge in [0.25, 0.3) is 5.96 Å². The fourth-order valence-corrected chi connectivity index (χ4v) is 3.43. The van der Waals surface area contributed by atoms with E-state index in [-0.39, 0.29) is 18.5 Å². The van der Waals surface area contributed by atoms with E-state index in [1.54, 1.807) is 4.90 Å². The van der Waals surface area contributed by atoms with Crippen LogP contribution in [0.2, 0.25) is 0 Å². The zero-order chi connectivity index (χ0) is 19.2. The molecule has 9 heteroatoms. The Morgan fingerprint density at radius 2 is 2.15 bits per heavy atom. The molecule has 9 nitrogen and oxygen atoms in total. The van der Waals surface area contributed by atoms with Gasteiger partial charge in [-0.05, 0) is 24.0 Å². The highest BCUT2D eigenvalue weighted by Crippen LogP contribution is 2.19. The Labute approximate surface area is 157 Å². The molecule has 0 aromatic heterocycles. The Kier molecular flexibility index (Phi) is 6.23. The second kappa shape index (κ2) is 8.81. The van der Waals surface area contributed by atoms with E-state index in [1.165, 1.54) is 4.90 Å². The molecular formula is C18H24N4O5. The van der Waals surface area contributed by atoms with E-state index < -0.39 is 11.1 Å². The average molecular weight is 376 g/mol. The maximum Gasteiger partial charge on any atom is 0.417 e. The second-order valence-electron chi connectivity index (χ2n) is 6.64. The van der Waals surface area contributed by atoms with E-state index in [2.05, 4.69) is 5.10 Å². The first-order valence-electron chi connectivity index (χ1n) is 9.15. The molecule has 2 heterocycles. The summed E-state index contributed by atoms with van der Waals surface area (Å²) < 4.78 is 10.8. The molecule has 1 unspecified atom stereocenters. The molecule has 2 aliphatic rings. The topological polar surface area (TPSA) is 97.5 Å². The lowest BCUT2D eigenvalue weighted by Gasteiger charge is -2.21. The van der Waals surface area contributed by atoms with Crippen LogP contribution in [0.15, 0.2) is 29.4 Å². The fraction of sp³-hybridized carbons (Fsp3) is 0.556. The maximum atomic E-state index is 12.5. The number of aryl methyl sites for hydroxylation is 1. The van der Waals surface area contributed by atoms with E-state index >= 15 is 0 Å². The molecule has 0 spiro atoms. The maximum absolute atomic E-state index is 12.5. The monoisotopic (exact) mass is 376 g/mol. The number of hydrazone groups is 1. The molecule has 1 amide bonds. The van der Waals surface area contributed by atoms with Crippen LogP contribution >= 0.6 is 0 Å². The molecule has 146 valence electrons. The molecule has 2 fully saturated rings. The number of ether oxygens (including phenoxy) is 2. The first kappa shape index (κ1) is 19.1. The molecule has 1 aromatic rings. The first-order valence-corrected chi connectivity index (χ1v) is 9.15. The normalized spacial score (nSPS) is 21.1. The number of amides is 1. The first-order chi connectivity index (χ1) is 13.1. The lowest BCUT2D eigenvalue weighted by atomic mass is 10.1. The number of rotatable bonds is 6. The van der Waals surface area contributed by atoms with Gasteiger partial charge >= 0.3 is 6.09 Å². The van der Waals surface area contributed by atoms with Gasteiger partial charge < -0.3 is 14.4 Å². The van der Waals surface area contributed by atoms with Crippen LogP contribution in [0.5, 0.6) is 0 Å². The van der Waals surface area contributed by atoms with Crippen LogP contribution in [0.1, 0.15) is 24.5 Å². The van der Waals surface area contributed by atoms with E-state index in [0.717, 1.165) is 24.0 Å². The number of carbonyl (C=O) groups is 1. The molecular weight excluding hydrogens is 352 g/mol. The quantitative estimate of drug-likeness (QED) is 0.557. The zero-order valence-corrected chi connectivity index (χ0v) is 15.4. The highest BCUT2D eigenvalue weighted by molar-refractivity contribution is 5.95. The van der Waals surface area contributed by atoms with Crippen LogP contribution in [0, 0.1) is 16.0 Å². The fourth-order valence-electron chi connectivity index (χ4n) is 3.43. The van der Waals surface area contributed by atoms with E-state index in [1.807, 2.05) is 31.2 Å². The molecule has 1 atom stereocenters. The minimum Gasteiger partial charge on any atom is -0.444 e. The summed E-state index contributed by atoms with van der Waals surface area (Å²) in [5.74, 6) is 0.329. The number of hydrogen-bond donors (Lipinski definition) is 0. The Morgan fingerprint density at radius 1 is 1.37 bits per heavy atom. The lowest BCUT2D eigenvalue weighted by Crippen LogP contribution is -2.40. The standard InChI is InChI=1S/C18H24N4O5/c1-2-15-5-3-4-6-16(15)13-27-18(23)21-9-8-20(17(21)19-22(24)25)11-14-7-10-26-12-14/h3-6,14H,2,7-13H2,1H3. The summed E-state index contributed by atoms with van der Waals surface area (Å²) in [5, 5.41) is 13.6. The smallest absolute Gasteiger partial charge is 0.417 e. The third-order valence-electron chi connectivity index (χ3n) is 4.86. The minimum atomic E-state index is -0.772. The van der Waals surface area contributed by atoms with E-state index in [4.69, 9.17) is 9.47 Å². The van der Waals surface area contributed by atoms with Gasteiger partial charge in [0.2, 0.25) is 0 Å². The predicted octanol–water partition coefficient (Wildman–Crippen LogP) is 2.09. The summed E-state index contributed by atoms with van der Waals surface area (Å²) >= 11 is 0. The van der Waals surface area contributed by atoms with Crippen molar-refractivity contribution in [1.82, 2.24) is 9.80 Å². The van der Waals surface area contributed by atoms with Gasteiger partial charge in [-0.1, -0.05) is 31.2 Å². The van der Waals surface area contributed by atoms with Crippen molar-refractivity contribution in [3.05, 3.63) is 45.5 Å². The summed E-state index contributed by atoms with van der Waals surface area (Å²) in [7, 11) is 0. The lowest BCUT2D eigenvalue weighted by molar-refractivity contribution is -0.486. The zero-order valence-electron chi connectivity index (χ0n) is 15.4. The van der Waals surface area contributed by atoms with Crippen molar-refractivity contribution < 1.29 is 19.3 Å². The van der Waals surface area contributed by atoms with Gasteiger partial charge in [0.05, 0.1) is 13.2 Å². The third-order valence-corrected chi connectivity index (χ3v) is 4.86. The summed E-state index contributed by atoms with van der Waals surface area (Å²) in [6, 6.07) is 7.73. The predicted molar refractivity (Wildman–Crippen MR) is 97.6 cm³/mol. The van der Waals surface area contributed by atoms with Crippen LogP contribution in [-0.4, -0.2) is 59.7 Å². The molecule has 1 aromatic carbocycles. The summed E-state index contributed by atoms with van der Waals surface area (Å²) in [4.78, 5) is 26.5. The second-order valence-corrected chi connectivity index (χ2v) is 6.64. The molecule has 2 aliphatic heterocycles. The van der Waals surface area contributed by atoms with Crippen molar-refractivity contribution in [2.24, 2.45) is 11.0 Å². The van der Waals surface area contributed by atoms with Gasteiger partial charge in [-0.25, -0.2) is 19.8 Å². The summed E-state index contributed by atoms with van der Waals surface area (Å²) in [6.45, 7) is 4.87. The van der Waals surface area contributed by atoms with E-state index in [0.29, 0.717) is 32.8 Å². The van der Waals surface area contributed by atoms with Crippen LogP contribution in [0.3, 0.4) is 0 Å². The number of guanidine groups is 1. The molecule has 3 rings (SSSR count). The van der Waals surface area contributed by atoms with Crippen molar-refractivity contribution in [3.63, 3.8) is 0 Å². The van der Waals surface area contributed by atoms with Crippen LogP contribution in [0.25, 0.3) is 0 Å². The Morgan fingerprint density at radius 3 is 2.81 bits per heavy atom. The number of nitro groups is 1. The minimum absolute atomic E-state index is 0.0423.